The molecule has 0 spiro atoms. The van der Waals surface area contributed by atoms with E-state index in [4.69, 9.17) is 15.2 Å². The van der Waals surface area contributed by atoms with Crippen LogP contribution in [0.1, 0.15) is 12.8 Å². The molecular weight excluding hydrogens is 222 g/mol. The highest BCUT2D eigenvalue weighted by molar-refractivity contribution is 5.77. The summed E-state index contributed by atoms with van der Waals surface area (Å²) >= 11 is 0. The van der Waals surface area contributed by atoms with Gasteiger partial charge in [-0.15, -0.1) is 0 Å². The number of nitrogens with one attached hydrogen (secondary N) is 2. The summed E-state index contributed by atoms with van der Waals surface area (Å²) in [6.07, 6.45) is 1.84. The second-order valence-corrected chi connectivity index (χ2v) is 3.81. The first-order valence-electron chi connectivity index (χ1n) is 5.92. The Labute approximate surface area is 103 Å². The highest BCUT2D eigenvalue weighted by Crippen LogP contribution is 1.96. The van der Waals surface area contributed by atoms with E-state index in [2.05, 4.69) is 10.6 Å². The molecule has 0 aliphatic carbocycles. The molecule has 0 saturated carbocycles. The fourth-order valence-electron chi connectivity index (χ4n) is 1.40. The summed E-state index contributed by atoms with van der Waals surface area (Å²) in [5.41, 5.74) is 5.45. The molecule has 0 saturated heterocycles. The van der Waals surface area contributed by atoms with Gasteiger partial charge in [0.05, 0.1) is 19.8 Å². The van der Waals surface area contributed by atoms with E-state index in [1.54, 1.807) is 14.2 Å². The first-order valence-corrected chi connectivity index (χ1v) is 5.92. The van der Waals surface area contributed by atoms with Crippen molar-refractivity contribution in [2.75, 3.05) is 47.1 Å². The van der Waals surface area contributed by atoms with Crippen molar-refractivity contribution >= 4 is 5.91 Å². The molecule has 0 bridgehead atoms. The minimum Gasteiger partial charge on any atom is -0.383 e. The van der Waals surface area contributed by atoms with Crippen LogP contribution in [0, 0.1) is 0 Å². The van der Waals surface area contributed by atoms with Gasteiger partial charge in [0.2, 0.25) is 5.91 Å². The van der Waals surface area contributed by atoms with E-state index in [1.807, 2.05) is 0 Å². The van der Waals surface area contributed by atoms with Crippen LogP contribution in [0.2, 0.25) is 0 Å². The Hall–Kier alpha value is -0.690. The van der Waals surface area contributed by atoms with Crippen LogP contribution in [-0.2, 0) is 14.3 Å². The first-order chi connectivity index (χ1) is 8.24. The van der Waals surface area contributed by atoms with Crippen LogP contribution in [-0.4, -0.2) is 59.0 Å². The van der Waals surface area contributed by atoms with Crippen LogP contribution in [0.25, 0.3) is 0 Å². The molecule has 4 N–H and O–H groups in total. The highest BCUT2D eigenvalue weighted by Gasteiger charge is 2.09. The summed E-state index contributed by atoms with van der Waals surface area (Å²) in [6.45, 7) is 2.60. The summed E-state index contributed by atoms with van der Waals surface area (Å²) in [4.78, 5) is 11.4. The average molecular weight is 247 g/mol. The van der Waals surface area contributed by atoms with Crippen LogP contribution in [0.15, 0.2) is 0 Å². The summed E-state index contributed by atoms with van der Waals surface area (Å²) in [5, 5.41) is 5.89. The molecule has 17 heavy (non-hydrogen) atoms. The summed E-state index contributed by atoms with van der Waals surface area (Å²) < 4.78 is 9.92. The van der Waals surface area contributed by atoms with Crippen molar-refractivity contribution in [1.82, 2.24) is 10.6 Å². The van der Waals surface area contributed by atoms with Gasteiger partial charge in [-0.2, -0.15) is 0 Å². The second kappa shape index (κ2) is 11.8. The highest BCUT2D eigenvalue weighted by atomic mass is 16.5. The number of hydrogen-bond donors (Lipinski definition) is 3. The van der Waals surface area contributed by atoms with E-state index in [0.29, 0.717) is 32.8 Å². The van der Waals surface area contributed by atoms with Crippen molar-refractivity contribution in [2.24, 2.45) is 5.73 Å². The molecule has 102 valence electrons. The monoisotopic (exact) mass is 247 g/mol. The van der Waals surface area contributed by atoms with E-state index in [-0.39, 0.29) is 11.9 Å². The molecule has 0 aromatic rings. The van der Waals surface area contributed by atoms with Crippen LogP contribution in [0.4, 0.5) is 0 Å². The maximum absolute atomic E-state index is 11.4. The van der Waals surface area contributed by atoms with Crippen molar-refractivity contribution in [1.29, 1.82) is 0 Å². The third kappa shape index (κ3) is 10.2. The van der Waals surface area contributed by atoms with E-state index < -0.39 is 0 Å². The SMILES string of the molecule is COCCNC(=O)CNC(CCCN)COC. The number of nitrogens with two attached hydrogens (primary N) is 1. The Kier molecular flexibility index (Phi) is 11.3. The number of amides is 1. The molecule has 0 aliphatic heterocycles. The third-order valence-electron chi connectivity index (χ3n) is 2.30. The van der Waals surface area contributed by atoms with Gasteiger partial charge in [-0.1, -0.05) is 0 Å². The van der Waals surface area contributed by atoms with Gasteiger partial charge in [-0.3, -0.25) is 4.79 Å². The molecule has 6 nitrogen and oxygen atoms in total. The van der Waals surface area contributed by atoms with Crippen LogP contribution in [0.3, 0.4) is 0 Å². The van der Waals surface area contributed by atoms with Crippen molar-refractivity contribution in [3.05, 3.63) is 0 Å². The lowest BCUT2D eigenvalue weighted by atomic mass is 10.1. The molecule has 0 fully saturated rings. The van der Waals surface area contributed by atoms with Crippen molar-refractivity contribution in [3.8, 4) is 0 Å². The topological polar surface area (TPSA) is 85.6 Å². The zero-order chi connectivity index (χ0) is 12.9. The molecule has 0 heterocycles. The quantitative estimate of drug-likeness (QED) is 0.412. The molecule has 1 unspecified atom stereocenters. The Morgan fingerprint density at radius 3 is 2.71 bits per heavy atom. The molecule has 0 aromatic carbocycles. The zero-order valence-electron chi connectivity index (χ0n) is 10.8. The summed E-state index contributed by atoms with van der Waals surface area (Å²) in [6, 6.07) is 0.178. The number of carbonyl (C=O) groups excluding carboxylic acids is 1. The van der Waals surface area contributed by atoms with Gasteiger partial charge in [0.1, 0.15) is 0 Å². The van der Waals surface area contributed by atoms with E-state index in [1.165, 1.54) is 0 Å². The lowest BCUT2D eigenvalue weighted by molar-refractivity contribution is -0.120. The van der Waals surface area contributed by atoms with E-state index in [9.17, 15) is 4.79 Å². The normalized spacial score (nSPS) is 12.4. The Balaban J connectivity index is 3.66. The van der Waals surface area contributed by atoms with E-state index >= 15 is 0 Å². The number of hydrogen-bond acceptors (Lipinski definition) is 5. The number of carbonyl (C=O) groups is 1. The second-order valence-electron chi connectivity index (χ2n) is 3.81. The Morgan fingerprint density at radius 1 is 1.35 bits per heavy atom. The minimum absolute atomic E-state index is 0.0316. The van der Waals surface area contributed by atoms with E-state index in [0.717, 1.165) is 12.8 Å². The van der Waals surface area contributed by atoms with Gasteiger partial charge in [0.15, 0.2) is 0 Å². The van der Waals surface area contributed by atoms with Gasteiger partial charge in [0.25, 0.3) is 0 Å². The summed E-state index contributed by atoms with van der Waals surface area (Å²) in [5.74, 6) is -0.0316. The lowest BCUT2D eigenvalue weighted by Gasteiger charge is -2.17. The van der Waals surface area contributed by atoms with Crippen molar-refractivity contribution in [3.63, 3.8) is 0 Å². The van der Waals surface area contributed by atoms with Gasteiger partial charge in [0, 0.05) is 26.8 Å². The smallest absolute Gasteiger partial charge is 0.234 e. The lowest BCUT2D eigenvalue weighted by Crippen LogP contribution is -2.42. The van der Waals surface area contributed by atoms with Gasteiger partial charge >= 0.3 is 0 Å². The molecule has 0 aliphatic rings. The molecule has 0 aromatic heterocycles. The van der Waals surface area contributed by atoms with Gasteiger partial charge < -0.3 is 25.8 Å². The number of rotatable bonds is 11. The molecule has 1 atom stereocenters. The van der Waals surface area contributed by atoms with Crippen LogP contribution < -0.4 is 16.4 Å². The average Bonchev–Trinajstić information content (AvgIpc) is 2.33. The summed E-state index contributed by atoms with van der Waals surface area (Å²) in [7, 11) is 3.25. The number of ether oxygens (including phenoxy) is 2. The first kappa shape index (κ1) is 16.3. The fourth-order valence-corrected chi connectivity index (χ4v) is 1.40. The molecule has 0 radical (unpaired) electrons. The molecule has 6 heteroatoms. The standard InChI is InChI=1S/C11H25N3O3/c1-16-7-6-13-11(15)8-14-10(9-17-2)4-3-5-12/h10,14H,3-9,12H2,1-2H3,(H,13,15). The van der Waals surface area contributed by atoms with Crippen molar-refractivity contribution < 1.29 is 14.3 Å². The molecule has 0 rings (SSSR count). The Bertz CT molecular complexity index is 191. The van der Waals surface area contributed by atoms with Crippen LogP contribution in [0.5, 0.6) is 0 Å². The maximum Gasteiger partial charge on any atom is 0.234 e. The largest absolute Gasteiger partial charge is 0.383 e. The minimum atomic E-state index is -0.0316. The molecule has 1 amide bonds. The number of methoxy groups -OCH3 is 2. The fraction of sp³-hybridized carbons (Fsp3) is 0.909. The van der Waals surface area contributed by atoms with Crippen LogP contribution >= 0.6 is 0 Å². The van der Waals surface area contributed by atoms with Gasteiger partial charge in [-0.25, -0.2) is 0 Å². The zero-order valence-corrected chi connectivity index (χ0v) is 10.8. The van der Waals surface area contributed by atoms with Crippen molar-refractivity contribution in [2.45, 2.75) is 18.9 Å². The third-order valence-corrected chi connectivity index (χ3v) is 2.30. The van der Waals surface area contributed by atoms with Gasteiger partial charge in [-0.05, 0) is 19.4 Å². The maximum atomic E-state index is 11.4. The predicted molar refractivity (Wildman–Crippen MR) is 66.8 cm³/mol. The Morgan fingerprint density at radius 2 is 2.12 bits per heavy atom. The molecular formula is C11H25N3O3. The predicted octanol–water partition coefficient (Wildman–Crippen LogP) is -0.907.